The number of Topliss-reactive ketones (excluding diaryl/α,β-unsaturated/α-hetero) is 1. The SMILES string of the molecule is CCOC1(C(=O)c2cnc3ccccc3c2)CCCCC1. The molecule has 110 valence electrons. The second-order valence-corrected chi connectivity index (χ2v) is 5.73. The zero-order chi connectivity index (χ0) is 14.7. The molecule has 1 fully saturated rings. The summed E-state index contributed by atoms with van der Waals surface area (Å²) in [7, 11) is 0. The lowest BCUT2D eigenvalue weighted by Crippen LogP contribution is -2.43. The van der Waals surface area contributed by atoms with E-state index in [1.54, 1.807) is 6.20 Å². The molecule has 0 N–H and O–H groups in total. The van der Waals surface area contributed by atoms with Crippen LogP contribution in [0, 0.1) is 0 Å². The second-order valence-electron chi connectivity index (χ2n) is 5.73. The van der Waals surface area contributed by atoms with E-state index in [-0.39, 0.29) is 5.78 Å². The Hall–Kier alpha value is -1.74. The molecule has 1 heterocycles. The van der Waals surface area contributed by atoms with Crippen molar-refractivity contribution in [1.29, 1.82) is 0 Å². The zero-order valence-electron chi connectivity index (χ0n) is 12.5. The van der Waals surface area contributed by atoms with Crippen LogP contribution in [-0.2, 0) is 4.74 Å². The topological polar surface area (TPSA) is 39.2 Å². The van der Waals surface area contributed by atoms with Gasteiger partial charge >= 0.3 is 0 Å². The number of aromatic nitrogens is 1. The molecular weight excluding hydrogens is 262 g/mol. The molecule has 0 aliphatic heterocycles. The van der Waals surface area contributed by atoms with Crippen molar-refractivity contribution < 1.29 is 9.53 Å². The number of rotatable bonds is 4. The highest BCUT2D eigenvalue weighted by molar-refractivity contribution is 6.04. The molecule has 0 amide bonds. The summed E-state index contributed by atoms with van der Waals surface area (Å²) in [5.74, 6) is 0.0994. The summed E-state index contributed by atoms with van der Waals surface area (Å²) in [5, 5.41) is 1.01. The van der Waals surface area contributed by atoms with Crippen LogP contribution in [0.3, 0.4) is 0 Å². The Morgan fingerprint density at radius 2 is 2.00 bits per heavy atom. The summed E-state index contributed by atoms with van der Waals surface area (Å²) in [5.41, 5.74) is 0.962. The molecular formula is C18H21NO2. The van der Waals surface area contributed by atoms with Crippen LogP contribution in [0.5, 0.6) is 0 Å². The quantitative estimate of drug-likeness (QED) is 0.791. The monoisotopic (exact) mass is 283 g/mol. The standard InChI is InChI=1S/C18H21NO2/c1-2-21-18(10-6-3-7-11-18)17(20)15-12-14-8-4-5-9-16(14)19-13-15/h4-5,8-9,12-13H,2-3,6-7,10-11H2,1H3. The van der Waals surface area contributed by atoms with Gasteiger partial charge in [-0.25, -0.2) is 0 Å². The van der Waals surface area contributed by atoms with Crippen LogP contribution in [-0.4, -0.2) is 23.0 Å². The molecule has 3 heteroatoms. The number of carbonyl (C=O) groups is 1. The fourth-order valence-corrected chi connectivity index (χ4v) is 3.29. The van der Waals surface area contributed by atoms with Gasteiger partial charge in [-0.15, -0.1) is 0 Å². The largest absolute Gasteiger partial charge is 0.367 e. The van der Waals surface area contributed by atoms with Gasteiger partial charge in [0, 0.05) is 23.8 Å². The molecule has 0 unspecified atom stereocenters. The molecule has 1 aromatic heterocycles. The first-order valence-electron chi connectivity index (χ1n) is 7.79. The molecule has 0 saturated heterocycles. The number of carbonyl (C=O) groups excluding carboxylic acids is 1. The van der Waals surface area contributed by atoms with Crippen molar-refractivity contribution in [2.24, 2.45) is 0 Å². The van der Waals surface area contributed by atoms with E-state index < -0.39 is 5.60 Å². The molecule has 1 aliphatic rings. The lowest BCUT2D eigenvalue weighted by Gasteiger charge is -2.35. The van der Waals surface area contributed by atoms with Gasteiger partial charge in [-0.1, -0.05) is 37.5 Å². The highest BCUT2D eigenvalue weighted by atomic mass is 16.5. The Balaban J connectivity index is 1.97. The number of hydrogen-bond acceptors (Lipinski definition) is 3. The number of nitrogens with zero attached hydrogens (tertiary/aromatic N) is 1. The average molecular weight is 283 g/mol. The van der Waals surface area contributed by atoms with Crippen molar-refractivity contribution in [2.75, 3.05) is 6.61 Å². The van der Waals surface area contributed by atoms with Crippen LogP contribution in [0.4, 0.5) is 0 Å². The van der Waals surface area contributed by atoms with E-state index >= 15 is 0 Å². The van der Waals surface area contributed by atoms with Gasteiger partial charge in [0.1, 0.15) is 5.60 Å². The maximum Gasteiger partial charge on any atom is 0.196 e. The second kappa shape index (κ2) is 5.94. The van der Waals surface area contributed by atoms with Crippen molar-refractivity contribution in [3.05, 3.63) is 42.1 Å². The third-order valence-corrected chi connectivity index (χ3v) is 4.35. The average Bonchev–Trinajstić information content (AvgIpc) is 2.55. The molecule has 3 rings (SSSR count). The molecule has 21 heavy (non-hydrogen) atoms. The van der Waals surface area contributed by atoms with E-state index in [2.05, 4.69) is 4.98 Å². The van der Waals surface area contributed by atoms with Crippen LogP contribution in [0.25, 0.3) is 10.9 Å². The number of benzene rings is 1. The smallest absolute Gasteiger partial charge is 0.196 e. The van der Waals surface area contributed by atoms with Gasteiger partial charge in [0.2, 0.25) is 0 Å². The number of pyridine rings is 1. The molecule has 2 aromatic rings. The first-order chi connectivity index (χ1) is 10.2. The third-order valence-electron chi connectivity index (χ3n) is 4.35. The third kappa shape index (κ3) is 2.70. The Morgan fingerprint density at radius 3 is 2.76 bits per heavy atom. The number of ether oxygens (including phenoxy) is 1. The highest BCUT2D eigenvalue weighted by Gasteiger charge is 2.40. The van der Waals surface area contributed by atoms with Crippen molar-refractivity contribution in [1.82, 2.24) is 4.98 Å². The van der Waals surface area contributed by atoms with Gasteiger partial charge in [-0.05, 0) is 31.9 Å². The molecule has 0 spiro atoms. The van der Waals surface area contributed by atoms with E-state index in [4.69, 9.17) is 4.74 Å². The highest BCUT2D eigenvalue weighted by Crippen LogP contribution is 2.35. The van der Waals surface area contributed by atoms with Gasteiger partial charge in [-0.3, -0.25) is 9.78 Å². The van der Waals surface area contributed by atoms with Crippen LogP contribution < -0.4 is 0 Å². The lowest BCUT2D eigenvalue weighted by molar-refractivity contribution is -0.0411. The van der Waals surface area contributed by atoms with E-state index in [1.165, 1.54) is 6.42 Å². The fourth-order valence-electron chi connectivity index (χ4n) is 3.29. The summed E-state index contributed by atoms with van der Waals surface area (Å²) in [6, 6.07) is 9.83. The molecule has 1 saturated carbocycles. The minimum Gasteiger partial charge on any atom is -0.367 e. The van der Waals surface area contributed by atoms with E-state index in [0.29, 0.717) is 12.2 Å². The molecule has 1 aliphatic carbocycles. The van der Waals surface area contributed by atoms with Gasteiger partial charge in [0.15, 0.2) is 5.78 Å². The molecule has 3 nitrogen and oxygen atoms in total. The lowest BCUT2D eigenvalue weighted by atomic mass is 9.79. The van der Waals surface area contributed by atoms with Gasteiger partial charge < -0.3 is 4.74 Å². The van der Waals surface area contributed by atoms with Gasteiger partial charge in [-0.2, -0.15) is 0 Å². The number of ketones is 1. The van der Waals surface area contributed by atoms with Crippen LogP contribution in [0.1, 0.15) is 49.4 Å². The Kier molecular flexibility index (Phi) is 4.02. The van der Waals surface area contributed by atoms with Gasteiger partial charge in [0.25, 0.3) is 0 Å². The fraction of sp³-hybridized carbons (Fsp3) is 0.444. The van der Waals surface area contributed by atoms with Crippen LogP contribution >= 0.6 is 0 Å². The van der Waals surface area contributed by atoms with Gasteiger partial charge in [0.05, 0.1) is 5.52 Å². The van der Waals surface area contributed by atoms with E-state index in [0.717, 1.165) is 36.6 Å². The predicted molar refractivity (Wildman–Crippen MR) is 83.5 cm³/mol. The van der Waals surface area contributed by atoms with E-state index in [9.17, 15) is 4.79 Å². The van der Waals surface area contributed by atoms with Crippen molar-refractivity contribution >= 4 is 16.7 Å². The summed E-state index contributed by atoms with van der Waals surface area (Å²) in [6.45, 7) is 2.54. The predicted octanol–water partition coefficient (Wildman–Crippen LogP) is 4.16. The Bertz CT molecular complexity index is 639. The first-order valence-corrected chi connectivity index (χ1v) is 7.79. The summed E-state index contributed by atoms with van der Waals surface area (Å²) < 4.78 is 5.92. The van der Waals surface area contributed by atoms with Crippen molar-refractivity contribution in [3.8, 4) is 0 Å². The summed E-state index contributed by atoms with van der Waals surface area (Å²) in [6.07, 6.45) is 6.66. The Labute approximate surface area is 125 Å². The first kappa shape index (κ1) is 14.2. The maximum atomic E-state index is 13.0. The number of hydrogen-bond donors (Lipinski definition) is 0. The Morgan fingerprint density at radius 1 is 1.24 bits per heavy atom. The zero-order valence-corrected chi connectivity index (χ0v) is 12.5. The summed E-state index contributed by atoms with van der Waals surface area (Å²) in [4.78, 5) is 17.4. The molecule has 0 bridgehead atoms. The minimum atomic E-state index is -0.628. The number of fused-ring (bicyclic) bond motifs is 1. The molecule has 0 atom stereocenters. The minimum absolute atomic E-state index is 0.0994. The summed E-state index contributed by atoms with van der Waals surface area (Å²) >= 11 is 0. The van der Waals surface area contributed by atoms with Crippen LogP contribution in [0.15, 0.2) is 36.5 Å². The normalized spacial score (nSPS) is 17.8. The number of para-hydroxylation sites is 1. The molecule has 0 radical (unpaired) electrons. The maximum absolute atomic E-state index is 13.0. The molecule has 1 aromatic carbocycles. The van der Waals surface area contributed by atoms with Crippen LogP contribution in [0.2, 0.25) is 0 Å². The van der Waals surface area contributed by atoms with Crippen molar-refractivity contribution in [3.63, 3.8) is 0 Å². The van der Waals surface area contributed by atoms with E-state index in [1.807, 2.05) is 37.3 Å². The van der Waals surface area contributed by atoms with Crippen molar-refractivity contribution in [2.45, 2.75) is 44.6 Å².